The van der Waals surface area contributed by atoms with Gasteiger partial charge in [0.1, 0.15) is 0 Å². The molecule has 0 N–H and O–H groups in total. The molecule has 1 heterocycles. The van der Waals surface area contributed by atoms with Crippen molar-refractivity contribution in [1.29, 1.82) is 0 Å². The molecule has 0 saturated carbocycles. The van der Waals surface area contributed by atoms with Crippen LogP contribution in [0.15, 0.2) is 23.4 Å². The van der Waals surface area contributed by atoms with E-state index in [-0.39, 0.29) is 6.04 Å². The normalized spacial score (nSPS) is 20.4. The summed E-state index contributed by atoms with van der Waals surface area (Å²) in [7, 11) is 0. The Labute approximate surface area is 82.6 Å². The average Bonchev–Trinajstić information content (AvgIpc) is 2.42. The van der Waals surface area contributed by atoms with E-state index in [4.69, 9.17) is 5.53 Å². The molecule has 1 aromatic rings. The smallest absolute Gasteiger partial charge is 0.0800 e. The van der Waals surface area contributed by atoms with Crippen molar-refractivity contribution < 1.29 is 0 Å². The zero-order valence-electron chi connectivity index (χ0n) is 7.93. The van der Waals surface area contributed by atoms with E-state index in [0.29, 0.717) is 0 Å². The summed E-state index contributed by atoms with van der Waals surface area (Å²) in [5.74, 6) is 0. The molecule has 1 aliphatic rings. The van der Waals surface area contributed by atoms with E-state index in [1.54, 1.807) is 6.20 Å². The van der Waals surface area contributed by atoms with E-state index < -0.39 is 0 Å². The second-order valence-corrected chi connectivity index (χ2v) is 3.51. The van der Waals surface area contributed by atoms with Crippen LogP contribution in [-0.4, -0.2) is 4.98 Å². The summed E-state index contributed by atoms with van der Waals surface area (Å²) in [5.41, 5.74) is 10.7. The number of hydrogen-bond acceptors (Lipinski definition) is 2. The number of rotatable bonds is 1. The third-order valence-corrected chi connectivity index (χ3v) is 2.61. The largest absolute Gasteiger partial charge is 0.261 e. The zero-order chi connectivity index (χ0) is 9.80. The third-order valence-electron chi connectivity index (χ3n) is 2.61. The number of aromatic nitrogens is 1. The highest BCUT2D eigenvalue weighted by Crippen LogP contribution is 2.29. The maximum Gasteiger partial charge on any atom is 0.0800 e. The minimum atomic E-state index is -0.0568. The van der Waals surface area contributed by atoms with Gasteiger partial charge in [0.15, 0.2) is 0 Å². The molecule has 72 valence electrons. The lowest BCUT2D eigenvalue weighted by atomic mass is 10.1. The lowest BCUT2D eigenvalue weighted by Crippen LogP contribution is -1.99. The van der Waals surface area contributed by atoms with Gasteiger partial charge in [-0.2, -0.15) is 0 Å². The summed E-state index contributed by atoms with van der Waals surface area (Å²) in [6, 6.07) is 3.96. The van der Waals surface area contributed by atoms with Gasteiger partial charge in [-0.15, -0.1) is 0 Å². The number of hydrogen-bond donors (Lipinski definition) is 0. The molecule has 4 nitrogen and oxygen atoms in total. The summed E-state index contributed by atoms with van der Waals surface area (Å²) in [6.45, 7) is 0. The topological polar surface area (TPSA) is 61.7 Å². The van der Waals surface area contributed by atoms with Gasteiger partial charge in [-0.1, -0.05) is 17.6 Å². The van der Waals surface area contributed by atoms with E-state index in [2.05, 4.69) is 21.1 Å². The van der Waals surface area contributed by atoms with Gasteiger partial charge in [0, 0.05) is 11.1 Å². The van der Waals surface area contributed by atoms with Gasteiger partial charge in [-0.05, 0) is 36.4 Å². The van der Waals surface area contributed by atoms with Crippen LogP contribution >= 0.6 is 0 Å². The Balaban J connectivity index is 2.41. The molecule has 1 aliphatic carbocycles. The van der Waals surface area contributed by atoms with E-state index in [1.165, 1.54) is 5.56 Å². The van der Waals surface area contributed by atoms with Crippen molar-refractivity contribution in [2.75, 3.05) is 0 Å². The first kappa shape index (κ1) is 9.03. The lowest BCUT2D eigenvalue weighted by molar-refractivity contribution is 0.602. The molecule has 1 unspecified atom stereocenters. The number of aryl methyl sites for hydroxylation is 1. The monoisotopic (exact) mass is 188 g/mol. The summed E-state index contributed by atoms with van der Waals surface area (Å²) >= 11 is 0. The Morgan fingerprint density at radius 3 is 3.29 bits per heavy atom. The molecule has 0 saturated heterocycles. The predicted octanol–water partition coefficient (Wildman–Crippen LogP) is 3.16. The molecular formula is C10H12N4. The number of azide groups is 1. The van der Waals surface area contributed by atoms with Crippen molar-refractivity contribution in [2.45, 2.75) is 31.7 Å². The SMILES string of the molecule is [N-]=[N+]=NC1CCCCc2cccnc21. The standard InChI is InChI=1S/C10H12N4/c11-14-13-9-6-2-1-4-8-5-3-7-12-10(8)9/h3,5,7,9H,1-2,4,6H2. The highest BCUT2D eigenvalue weighted by atomic mass is 15.2. The van der Waals surface area contributed by atoms with Gasteiger partial charge >= 0.3 is 0 Å². The van der Waals surface area contributed by atoms with Crippen LogP contribution in [0.5, 0.6) is 0 Å². The first-order valence-electron chi connectivity index (χ1n) is 4.90. The summed E-state index contributed by atoms with van der Waals surface area (Å²) in [5, 5.41) is 3.80. The van der Waals surface area contributed by atoms with Crippen LogP contribution < -0.4 is 0 Å². The van der Waals surface area contributed by atoms with Gasteiger partial charge in [-0.25, -0.2) is 0 Å². The third kappa shape index (κ3) is 1.70. The van der Waals surface area contributed by atoms with E-state index >= 15 is 0 Å². The quantitative estimate of drug-likeness (QED) is 0.289. The lowest BCUT2D eigenvalue weighted by Gasteiger charge is -2.09. The van der Waals surface area contributed by atoms with E-state index in [1.807, 2.05) is 6.07 Å². The summed E-state index contributed by atoms with van der Waals surface area (Å²) in [6.07, 6.45) is 6.02. The number of pyridine rings is 1. The molecule has 0 aromatic carbocycles. The molecule has 0 amide bonds. The second-order valence-electron chi connectivity index (χ2n) is 3.51. The van der Waals surface area contributed by atoms with E-state index in [0.717, 1.165) is 31.4 Å². The Morgan fingerprint density at radius 2 is 2.43 bits per heavy atom. The fourth-order valence-corrected chi connectivity index (χ4v) is 1.93. The van der Waals surface area contributed by atoms with Crippen LogP contribution in [0.25, 0.3) is 10.4 Å². The maximum absolute atomic E-state index is 8.47. The van der Waals surface area contributed by atoms with Crippen molar-refractivity contribution in [2.24, 2.45) is 5.11 Å². The second kappa shape index (κ2) is 4.11. The van der Waals surface area contributed by atoms with Gasteiger partial charge in [0.05, 0.1) is 11.7 Å². The molecule has 4 heteroatoms. The maximum atomic E-state index is 8.47. The average molecular weight is 188 g/mol. The van der Waals surface area contributed by atoms with Gasteiger partial charge in [0.2, 0.25) is 0 Å². The molecule has 14 heavy (non-hydrogen) atoms. The minimum Gasteiger partial charge on any atom is -0.261 e. The van der Waals surface area contributed by atoms with Crippen molar-refractivity contribution >= 4 is 0 Å². The molecule has 1 aromatic heterocycles. The molecule has 1 atom stereocenters. The van der Waals surface area contributed by atoms with Crippen LogP contribution in [0.3, 0.4) is 0 Å². The Kier molecular flexibility index (Phi) is 2.65. The van der Waals surface area contributed by atoms with Crippen molar-refractivity contribution in [3.05, 3.63) is 40.0 Å². The zero-order valence-corrected chi connectivity index (χ0v) is 7.93. The highest BCUT2D eigenvalue weighted by Gasteiger charge is 2.17. The number of nitrogens with zero attached hydrogens (tertiary/aromatic N) is 4. The van der Waals surface area contributed by atoms with Crippen LogP contribution in [0.2, 0.25) is 0 Å². The molecule has 0 bridgehead atoms. The van der Waals surface area contributed by atoms with Crippen LogP contribution in [0.4, 0.5) is 0 Å². The first-order chi connectivity index (χ1) is 6.92. The van der Waals surface area contributed by atoms with Crippen molar-refractivity contribution in [3.63, 3.8) is 0 Å². The summed E-state index contributed by atoms with van der Waals surface area (Å²) in [4.78, 5) is 7.20. The van der Waals surface area contributed by atoms with Crippen molar-refractivity contribution in [3.8, 4) is 0 Å². The molecular weight excluding hydrogens is 176 g/mol. The van der Waals surface area contributed by atoms with Gasteiger partial charge in [-0.3, -0.25) is 4.98 Å². The fourth-order valence-electron chi connectivity index (χ4n) is 1.93. The fraction of sp³-hybridized carbons (Fsp3) is 0.500. The van der Waals surface area contributed by atoms with Gasteiger partial charge in [0.25, 0.3) is 0 Å². The molecule has 2 rings (SSSR count). The van der Waals surface area contributed by atoms with Crippen molar-refractivity contribution in [1.82, 2.24) is 4.98 Å². The van der Waals surface area contributed by atoms with Gasteiger partial charge < -0.3 is 0 Å². The van der Waals surface area contributed by atoms with Crippen LogP contribution in [0.1, 0.15) is 36.6 Å². The molecule has 0 spiro atoms. The first-order valence-corrected chi connectivity index (χ1v) is 4.90. The summed E-state index contributed by atoms with van der Waals surface area (Å²) < 4.78 is 0. The molecule has 0 aliphatic heterocycles. The Bertz CT molecular complexity index is 368. The molecule has 0 fully saturated rings. The minimum absolute atomic E-state index is 0.0568. The Morgan fingerprint density at radius 1 is 1.50 bits per heavy atom. The highest BCUT2D eigenvalue weighted by molar-refractivity contribution is 5.24. The number of fused-ring (bicyclic) bond motifs is 1. The van der Waals surface area contributed by atoms with E-state index in [9.17, 15) is 0 Å². The van der Waals surface area contributed by atoms with Crippen LogP contribution in [-0.2, 0) is 6.42 Å². The molecule has 0 radical (unpaired) electrons. The predicted molar refractivity (Wildman–Crippen MR) is 53.7 cm³/mol. The Hall–Kier alpha value is -1.54. The van der Waals surface area contributed by atoms with Crippen LogP contribution in [0, 0.1) is 0 Å².